The number of nitrogens with zero attached hydrogens (tertiary/aromatic N) is 1. The van der Waals surface area contributed by atoms with Crippen LogP contribution < -0.4 is 5.32 Å². The molecule has 0 fully saturated rings. The van der Waals surface area contributed by atoms with Crippen LogP contribution in [0.15, 0.2) is 11.6 Å². The largest absolute Gasteiger partial charge is 0.379 e. The van der Waals surface area contributed by atoms with Gasteiger partial charge in [-0.15, -0.1) is 0 Å². The van der Waals surface area contributed by atoms with E-state index in [0.717, 1.165) is 17.9 Å². The predicted molar refractivity (Wildman–Crippen MR) is 80.0 cm³/mol. The number of nitrogens with one attached hydrogen (secondary N) is 1. The molecule has 1 rings (SSSR count). The van der Waals surface area contributed by atoms with Crippen molar-refractivity contribution in [2.24, 2.45) is 0 Å². The summed E-state index contributed by atoms with van der Waals surface area (Å²) in [5.74, 6) is -0.894. The van der Waals surface area contributed by atoms with Crippen molar-refractivity contribution >= 4 is 17.7 Å². The Morgan fingerprint density at radius 2 is 1.86 bits per heavy atom. The third kappa shape index (κ3) is 6.36. The smallest absolute Gasteiger partial charge is 0.256 e. The minimum absolute atomic E-state index is 0.0954. The molecule has 124 valence electrons. The second kappa shape index (κ2) is 10.1. The molecule has 7 nitrogen and oxygen atoms in total. The SMILES string of the molecule is CCCOCCOCCNC(=O)CCN1C(=O)C=C(C)C1=O. The summed E-state index contributed by atoms with van der Waals surface area (Å²) >= 11 is 0. The van der Waals surface area contributed by atoms with Crippen molar-refractivity contribution in [3.8, 4) is 0 Å². The first-order valence-electron chi connectivity index (χ1n) is 7.52. The van der Waals surface area contributed by atoms with E-state index in [9.17, 15) is 14.4 Å². The Labute approximate surface area is 130 Å². The van der Waals surface area contributed by atoms with E-state index in [1.165, 1.54) is 6.08 Å². The summed E-state index contributed by atoms with van der Waals surface area (Å²) in [6, 6.07) is 0. The van der Waals surface area contributed by atoms with Gasteiger partial charge in [-0.25, -0.2) is 0 Å². The van der Waals surface area contributed by atoms with E-state index >= 15 is 0 Å². The molecule has 1 heterocycles. The van der Waals surface area contributed by atoms with Crippen molar-refractivity contribution in [2.75, 3.05) is 39.5 Å². The fourth-order valence-corrected chi connectivity index (χ4v) is 1.88. The molecule has 0 spiro atoms. The van der Waals surface area contributed by atoms with Gasteiger partial charge in [-0.2, -0.15) is 0 Å². The van der Waals surface area contributed by atoms with Crippen molar-refractivity contribution in [1.82, 2.24) is 10.2 Å². The zero-order valence-corrected chi connectivity index (χ0v) is 13.2. The van der Waals surface area contributed by atoms with E-state index in [2.05, 4.69) is 5.32 Å². The molecule has 1 N–H and O–H groups in total. The van der Waals surface area contributed by atoms with Gasteiger partial charge in [-0.05, 0) is 13.3 Å². The molecule has 0 saturated carbocycles. The fourth-order valence-electron chi connectivity index (χ4n) is 1.88. The van der Waals surface area contributed by atoms with Gasteiger partial charge < -0.3 is 14.8 Å². The number of amides is 3. The van der Waals surface area contributed by atoms with Crippen molar-refractivity contribution in [3.63, 3.8) is 0 Å². The topological polar surface area (TPSA) is 84.9 Å². The van der Waals surface area contributed by atoms with E-state index < -0.39 is 0 Å². The van der Waals surface area contributed by atoms with Crippen molar-refractivity contribution < 1.29 is 23.9 Å². The average molecular weight is 312 g/mol. The van der Waals surface area contributed by atoms with Gasteiger partial charge in [0.25, 0.3) is 11.8 Å². The van der Waals surface area contributed by atoms with Crippen molar-refractivity contribution in [2.45, 2.75) is 26.7 Å². The predicted octanol–water partition coefficient (Wildman–Crippen LogP) is 0.251. The van der Waals surface area contributed by atoms with Gasteiger partial charge in [0, 0.05) is 37.8 Å². The summed E-state index contributed by atoms with van der Waals surface area (Å²) in [4.78, 5) is 35.8. The molecule has 0 saturated heterocycles. The molecule has 0 radical (unpaired) electrons. The number of ether oxygens (including phenoxy) is 2. The quantitative estimate of drug-likeness (QED) is 0.437. The van der Waals surface area contributed by atoms with E-state index in [-0.39, 0.29) is 30.7 Å². The van der Waals surface area contributed by atoms with Gasteiger partial charge in [-0.3, -0.25) is 19.3 Å². The van der Waals surface area contributed by atoms with Gasteiger partial charge in [0.15, 0.2) is 0 Å². The summed E-state index contributed by atoms with van der Waals surface area (Å²) in [5.41, 5.74) is 0.407. The number of hydrogen-bond acceptors (Lipinski definition) is 5. The first-order valence-corrected chi connectivity index (χ1v) is 7.52. The zero-order chi connectivity index (χ0) is 16.4. The number of hydrogen-bond donors (Lipinski definition) is 1. The summed E-state index contributed by atoms with van der Waals surface area (Å²) in [6.45, 7) is 6.30. The molecule has 7 heteroatoms. The van der Waals surface area contributed by atoms with Crippen LogP contribution in [0.25, 0.3) is 0 Å². The normalized spacial score (nSPS) is 14.5. The molecule has 0 unspecified atom stereocenters. The molecular formula is C15H24N2O5. The van der Waals surface area contributed by atoms with Crippen LogP contribution >= 0.6 is 0 Å². The lowest BCUT2D eigenvalue weighted by atomic mass is 10.3. The van der Waals surface area contributed by atoms with E-state index in [0.29, 0.717) is 31.9 Å². The van der Waals surface area contributed by atoms with Crippen molar-refractivity contribution in [1.29, 1.82) is 0 Å². The van der Waals surface area contributed by atoms with Gasteiger partial charge in [0.05, 0.1) is 19.8 Å². The van der Waals surface area contributed by atoms with Crippen LogP contribution in [-0.4, -0.2) is 62.1 Å². The van der Waals surface area contributed by atoms with E-state index in [1.807, 2.05) is 6.92 Å². The van der Waals surface area contributed by atoms with Crippen LogP contribution in [0.4, 0.5) is 0 Å². The van der Waals surface area contributed by atoms with E-state index in [1.54, 1.807) is 6.92 Å². The zero-order valence-electron chi connectivity index (χ0n) is 13.2. The highest BCUT2D eigenvalue weighted by atomic mass is 16.5. The molecule has 0 aliphatic carbocycles. The first-order chi connectivity index (χ1) is 10.6. The molecule has 1 aliphatic rings. The third-order valence-corrected chi connectivity index (χ3v) is 3.04. The lowest BCUT2D eigenvalue weighted by Gasteiger charge is -2.14. The highest BCUT2D eigenvalue weighted by Gasteiger charge is 2.28. The fraction of sp³-hybridized carbons (Fsp3) is 0.667. The van der Waals surface area contributed by atoms with Crippen LogP contribution in [0, 0.1) is 0 Å². The van der Waals surface area contributed by atoms with Gasteiger partial charge in [-0.1, -0.05) is 6.92 Å². The summed E-state index contributed by atoms with van der Waals surface area (Å²) < 4.78 is 10.5. The lowest BCUT2D eigenvalue weighted by Crippen LogP contribution is -2.36. The molecule has 0 atom stereocenters. The Kier molecular flexibility index (Phi) is 8.39. The van der Waals surface area contributed by atoms with Gasteiger partial charge >= 0.3 is 0 Å². The molecule has 0 aromatic heterocycles. The van der Waals surface area contributed by atoms with Crippen molar-refractivity contribution in [3.05, 3.63) is 11.6 Å². The second-order valence-corrected chi connectivity index (χ2v) is 4.95. The van der Waals surface area contributed by atoms with Crippen LogP contribution in [-0.2, 0) is 23.9 Å². The molecule has 22 heavy (non-hydrogen) atoms. The molecule has 1 aliphatic heterocycles. The summed E-state index contributed by atoms with van der Waals surface area (Å²) in [7, 11) is 0. The summed E-state index contributed by atoms with van der Waals surface area (Å²) in [6.07, 6.45) is 2.36. The maximum absolute atomic E-state index is 11.6. The lowest BCUT2D eigenvalue weighted by molar-refractivity contribution is -0.137. The second-order valence-electron chi connectivity index (χ2n) is 4.95. The maximum Gasteiger partial charge on any atom is 0.256 e. The van der Waals surface area contributed by atoms with Crippen LogP contribution in [0.1, 0.15) is 26.7 Å². The van der Waals surface area contributed by atoms with Crippen LogP contribution in [0.2, 0.25) is 0 Å². The average Bonchev–Trinajstić information content (AvgIpc) is 2.73. The molecular weight excluding hydrogens is 288 g/mol. The first kappa shape index (κ1) is 18.3. The van der Waals surface area contributed by atoms with Gasteiger partial charge in [0.2, 0.25) is 5.91 Å². The molecule has 0 aromatic carbocycles. The minimum atomic E-state index is -0.356. The monoisotopic (exact) mass is 312 g/mol. The number of carbonyl (C=O) groups excluding carboxylic acids is 3. The third-order valence-electron chi connectivity index (χ3n) is 3.04. The van der Waals surface area contributed by atoms with Gasteiger partial charge in [0.1, 0.15) is 0 Å². The van der Waals surface area contributed by atoms with Crippen LogP contribution in [0.3, 0.4) is 0 Å². The van der Waals surface area contributed by atoms with E-state index in [4.69, 9.17) is 9.47 Å². The Morgan fingerprint density at radius 3 is 2.45 bits per heavy atom. The Bertz CT molecular complexity index is 434. The highest BCUT2D eigenvalue weighted by Crippen LogP contribution is 2.11. The summed E-state index contributed by atoms with van der Waals surface area (Å²) in [5, 5.41) is 2.68. The highest BCUT2D eigenvalue weighted by molar-refractivity contribution is 6.15. The molecule has 0 aromatic rings. The Balaban J connectivity index is 2.03. The molecule has 3 amide bonds. The molecule has 0 bridgehead atoms. The standard InChI is InChI=1S/C15H24N2O5/c1-3-7-21-9-10-22-8-5-16-13(18)4-6-17-14(19)11-12(2)15(17)20/h11H,3-10H2,1-2H3,(H,16,18). The Hall–Kier alpha value is -1.73. The number of carbonyl (C=O) groups is 3. The van der Waals surface area contributed by atoms with Crippen LogP contribution in [0.5, 0.6) is 0 Å². The Morgan fingerprint density at radius 1 is 1.18 bits per heavy atom. The number of rotatable bonds is 11. The number of imide groups is 1. The maximum atomic E-state index is 11.6. The minimum Gasteiger partial charge on any atom is -0.379 e.